The Morgan fingerprint density at radius 1 is 1.53 bits per heavy atom. The van der Waals surface area contributed by atoms with Crippen LogP contribution >= 0.6 is 24.0 Å². The van der Waals surface area contributed by atoms with E-state index in [0.717, 1.165) is 19.5 Å². The summed E-state index contributed by atoms with van der Waals surface area (Å²) in [6, 6.07) is 5.38. The van der Waals surface area contributed by atoms with Crippen LogP contribution < -0.4 is 5.32 Å². The van der Waals surface area contributed by atoms with Gasteiger partial charge in [0.1, 0.15) is 5.82 Å². The maximum atomic E-state index is 13.6. The van der Waals surface area contributed by atoms with Gasteiger partial charge in [0, 0.05) is 29.7 Å². The molecule has 1 aromatic rings. The highest BCUT2D eigenvalue weighted by molar-refractivity contribution is 6.30. The minimum absolute atomic E-state index is 0. The highest BCUT2D eigenvalue weighted by Crippen LogP contribution is 2.17. The number of nitrogens with zero attached hydrogens (tertiary/aromatic N) is 1. The minimum Gasteiger partial charge on any atom is -0.315 e. The summed E-state index contributed by atoms with van der Waals surface area (Å²) in [5, 5.41) is 3.76. The van der Waals surface area contributed by atoms with Gasteiger partial charge in [-0.05, 0) is 32.1 Å². The molecule has 5 heteroatoms. The highest BCUT2D eigenvalue weighted by Gasteiger charge is 2.19. The van der Waals surface area contributed by atoms with Gasteiger partial charge in [0.05, 0.1) is 0 Å². The van der Waals surface area contributed by atoms with Crippen molar-refractivity contribution in [3.05, 3.63) is 34.6 Å². The summed E-state index contributed by atoms with van der Waals surface area (Å²) in [7, 11) is 2.03. The minimum atomic E-state index is -0.217. The molecule has 0 saturated carbocycles. The van der Waals surface area contributed by atoms with Crippen molar-refractivity contribution < 1.29 is 4.39 Å². The van der Waals surface area contributed by atoms with Crippen LogP contribution in [0.4, 0.5) is 4.39 Å². The van der Waals surface area contributed by atoms with Gasteiger partial charge < -0.3 is 5.32 Å². The molecule has 0 spiro atoms. The van der Waals surface area contributed by atoms with E-state index in [1.807, 2.05) is 7.05 Å². The third-order valence-electron chi connectivity index (χ3n) is 3.09. The molecule has 1 unspecified atom stereocenters. The van der Waals surface area contributed by atoms with Crippen LogP contribution in [-0.4, -0.2) is 31.1 Å². The number of hydrogen-bond acceptors (Lipinski definition) is 2. The van der Waals surface area contributed by atoms with Crippen LogP contribution in [-0.2, 0) is 6.54 Å². The van der Waals surface area contributed by atoms with Crippen molar-refractivity contribution in [2.45, 2.75) is 19.0 Å². The van der Waals surface area contributed by atoms with Crippen molar-refractivity contribution >= 4 is 24.0 Å². The van der Waals surface area contributed by atoms with E-state index in [4.69, 9.17) is 11.6 Å². The molecule has 1 fully saturated rings. The first-order chi connectivity index (χ1) is 7.66. The molecule has 17 heavy (non-hydrogen) atoms. The van der Waals surface area contributed by atoms with E-state index in [2.05, 4.69) is 10.2 Å². The average Bonchev–Trinajstić information content (AvgIpc) is 2.75. The normalized spacial score (nSPS) is 19.4. The summed E-state index contributed by atoms with van der Waals surface area (Å²) in [4.78, 5) is 2.19. The zero-order valence-corrected chi connectivity index (χ0v) is 11.3. The van der Waals surface area contributed by atoms with Crippen LogP contribution in [0.2, 0.25) is 5.02 Å². The molecule has 1 aliphatic rings. The van der Waals surface area contributed by atoms with E-state index in [0.29, 0.717) is 23.2 Å². The van der Waals surface area contributed by atoms with E-state index in [-0.39, 0.29) is 18.2 Å². The summed E-state index contributed by atoms with van der Waals surface area (Å²) < 4.78 is 13.6. The lowest BCUT2D eigenvalue weighted by Crippen LogP contribution is -2.33. The average molecular weight is 279 g/mol. The first-order valence-electron chi connectivity index (χ1n) is 5.51. The zero-order valence-electron chi connectivity index (χ0n) is 9.75. The lowest BCUT2D eigenvalue weighted by atomic mass is 10.1. The predicted molar refractivity (Wildman–Crippen MR) is 71.4 cm³/mol. The largest absolute Gasteiger partial charge is 0.315 e. The molecule has 2 rings (SSSR count). The Kier molecular flexibility index (Phi) is 5.67. The molecule has 0 aliphatic carbocycles. The van der Waals surface area contributed by atoms with Gasteiger partial charge in [-0.15, -0.1) is 12.4 Å². The number of likely N-dealkylation sites (N-methyl/N-ethyl adjacent to an activating group) is 1. The van der Waals surface area contributed by atoms with Gasteiger partial charge in [0.15, 0.2) is 0 Å². The molecule has 0 amide bonds. The van der Waals surface area contributed by atoms with Crippen molar-refractivity contribution in [1.82, 2.24) is 10.2 Å². The fourth-order valence-corrected chi connectivity index (χ4v) is 2.22. The molecule has 1 saturated heterocycles. The van der Waals surface area contributed by atoms with Crippen LogP contribution in [0.5, 0.6) is 0 Å². The smallest absolute Gasteiger partial charge is 0.129 e. The van der Waals surface area contributed by atoms with Gasteiger partial charge in [-0.2, -0.15) is 0 Å². The van der Waals surface area contributed by atoms with Crippen LogP contribution in [0.15, 0.2) is 18.2 Å². The van der Waals surface area contributed by atoms with Gasteiger partial charge in [0.25, 0.3) is 0 Å². The Labute approximate surface area is 113 Å². The summed E-state index contributed by atoms with van der Waals surface area (Å²) in [6.45, 7) is 2.68. The Hall–Kier alpha value is -0.350. The molecule has 96 valence electrons. The fourth-order valence-electron chi connectivity index (χ4n) is 2.06. The molecule has 1 aromatic carbocycles. The number of benzene rings is 1. The number of hydrogen-bond donors (Lipinski definition) is 1. The molecule has 0 bridgehead atoms. The summed E-state index contributed by atoms with van der Waals surface area (Å²) in [5.74, 6) is -0.217. The van der Waals surface area contributed by atoms with Crippen LogP contribution in [0.1, 0.15) is 12.0 Å². The molecule has 1 heterocycles. The Balaban J connectivity index is 0.00000144. The van der Waals surface area contributed by atoms with Gasteiger partial charge in [0.2, 0.25) is 0 Å². The van der Waals surface area contributed by atoms with Crippen molar-refractivity contribution in [2.75, 3.05) is 20.1 Å². The quantitative estimate of drug-likeness (QED) is 0.915. The second kappa shape index (κ2) is 6.55. The molecule has 0 radical (unpaired) electrons. The standard InChI is InChI=1S/C12H16ClFN2.ClH/c1-16(11-4-5-15-7-11)8-9-2-3-10(13)6-12(9)14;/h2-3,6,11,15H,4-5,7-8H2,1H3;1H. The second-order valence-corrected chi connectivity index (χ2v) is 4.73. The third kappa shape index (κ3) is 3.81. The zero-order chi connectivity index (χ0) is 11.5. The van der Waals surface area contributed by atoms with Crippen molar-refractivity contribution in [1.29, 1.82) is 0 Å². The van der Waals surface area contributed by atoms with Crippen LogP contribution in [0, 0.1) is 5.82 Å². The Morgan fingerprint density at radius 2 is 2.29 bits per heavy atom. The monoisotopic (exact) mass is 278 g/mol. The van der Waals surface area contributed by atoms with E-state index in [1.54, 1.807) is 12.1 Å². The van der Waals surface area contributed by atoms with E-state index in [1.165, 1.54) is 6.07 Å². The number of halogens is 3. The SMILES string of the molecule is CN(Cc1ccc(Cl)cc1F)C1CCNC1.Cl. The van der Waals surface area contributed by atoms with Crippen molar-refractivity contribution in [3.63, 3.8) is 0 Å². The molecule has 1 N–H and O–H groups in total. The fraction of sp³-hybridized carbons (Fsp3) is 0.500. The highest BCUT2D eigenvalue weighted by atomic mass is 35.5. The molecular formula is C12H17Cl2FN2. The maximum Gasteiger partial charge on any atom is 0.129 e. The lowest BCUT2D eigenvalue weighted by molar-refractivity contribution is 0.245. The van der Waals surface area contributed by atoms with E-state index >= 15 is 0 Å². The van der Waals surface area contributed by atoms with Crippen molar-refractivity contribution in [2.24, 2.45) is 0 Å². The van der Waals surface area contributed by atoms with Crippen molar-refractivity contribution in [3.8, 4) is 0 Å². The topological polar surface area (TPSA) is 15.3 Å². The molecular weight excluding hydrogens is 262 g/mol. The Bertz CT molecular complexity index is 368. The molecule has 1 aliphatic heterocycles. The molecule has 1 atom stereocenters. The lowest BCUT2D eigenvalue weighted by Gasteiger charge is -2.23. The van der Waals surface area contributed by atoms with E-state index in [9.17, 15) is 4.39 Å². The number of rotatable bonds is 3. The maximum absolute atomic E-state index is 13.6. The van der Waals surface area contributed by atoms with Gasteiger partial charge in [-0.3, -0.25) is 4.90 Å². The Morgan fingerprint density at radius 3 is 2.88 bits per heavy atom. The summed E-state index contributed by atoms with van der Waals surface area (Å²) in [6.07, 6.45) is 1.13. The summed E-state index contributed by atoms with van der Waals surface area (Å²) >= 11 is 5.72. The second-order valence-electron chi connectivity index (χ2n) is 4.30. The summed E-state index contributed by atoms with van der Waals surface area (Å²) in [5.41, 5.74) is 0.707. The molecule has 0 aromatic heterocycles. The van der Waals surface area contributed by atoms with Gasteiger partial charge in [-0.25, -0.2) is 4.39 Å². The van der Waals surface area contributed by atoms with Crippen LogP contribution in [0.25, 0.3) is 0 Å². The van der Waals surface area contributed by atoms with Crippen LogP contribution in [0.3, 0.4) is 0 Å². The van der Waals surface area contributed by atoms with E-state index < -0.39 is 0 Å². The van der Waals surface area contributed by atoms with Gasteiger partial charge >= 0.3 is 0 Å². The predicted octanol–water partition coefficient (Wildman–Crippen LogP) is 2.69. The first-order valence-corrected chi connectivity index (χ1v) is 5.89. The number of nitrogens with one attached hydrogen (secondary N) is 1. The van der Waals surface area contributed by atoms with Gasteiger partial charge in [-0.1, -0.05) is 17.7 Å². The third-order valence-corrected chi connectivity index (χ3v) is 3.33. The molecule has 2 nitrogen and oxygen atoms in total. The first kappa shape index (κ1) is 14.7.